The van der Waals surface area contributed by atoms with Crippen LogP contribution in [0.2, 0.25) is 0 Å². The Balaban J connectivity index is 1.58. The van der Waals surface area contributed by atoms with Crippen LogP contribution in [0.3, 0.4) is 0 Å². The summed E-state index contributed by atoms with van der Waals surface area (Å²) in [4.78, 5) is 14.0. The Hall–Kier alpha value is -2.67. The number of ether oxygens (including phenoxy) is 3. The number of amides is 1. The molecule has 29 heavy (non-hydrogen) atoms. The van der Waals surface area contributed by atoms with E-state index in [1.807, 2.05) is 24.3 Å². The molecule has 1 aromatic carbocycles. The van der Waals surface area contributed by atoms with Gasteiger partial charge in [0.2, 0.25) is 11.7 Å². The molecule has 2 aromatic rings. The fourth-order valence-corrected chi connectivity index (χ4v) is 3.96. The normalized spacial score (nSPS) is 15.1. The average molecular weight is 403 g/mol. The number of hydrogen-bond donors (Lipinski definition) is 2. The first-order valence-electron chi connectivity index (χ1n) is 10.1. The van der Waals surface area contributed by atoms with Gasteiger partial charge in [0.15, 0.2) is 23.3 Å². The molecule has 2 heterocycles. The highest BCUT2D eigenvalue weighted by molar-refractivity contribution is 5.76. The fourth-order valence-electron chi connectivity index (χ4n) is 3.96. The third kappa shape index (κ3) is 5.23. The first-order chi connectivity index (χ1) is 14.2. The molecule has 2 N–H and O–H groups in total. The first-order valence-corrected chi connectivity index (χ1v) is 10.1. The van der Waals surface area contributed by atoms with Crippen LogP contribution >= 0.6 is 0 Å². The molecule has 3 rings (SSSR count). The van der Waals surface area contributed by atoms with E-state index in [1.165, 1.54) is 17.7 Å². The third-order valence-corrected chi connectivity index (χ3v) is 5.49. The topological polar surface area (TPSA) is 74.4 Å². The lowest BCUT2D eigenvalue weighted by molar-refractivity contribution is -0.919. The maximum Gasteiger partial charge on any atom is 0.220 e. The van der Waals surface area contributed by atoms with E-state index in [-0.39, 0.29) is 11.9 Å². The number of carbonyl (C=O) groups excluding carboxylic acids is 1. The van der Waals surface area contributed by atoms with E-state index < -0.39 is 0 Å². The van der Waals surface area contributed by atoms with Crippen molar-refractivity contribution in [2.45, 2.75) is 31.7 Å². The Bertz CT molecular complexity index is 760. The summed E-state index contributed by atoms with van der Waals surface area (Å²) >= 11 is 0. The zero-order valence-electron chi connectivity index (χ0n) is 17.5. The van der Waals surface area contributed by atoms with E-state index in [1.54, 1.807) is 27.6 Å². The monoisotopic (exact) mass is 403 g/mol. The number of quaternary nitrogens is 1. The molecule has 1 aliphatic heterocycles. The van der Waals surface area contributed by atoms with Crippen molar-refractivity contribution in [1.82, 2.24) is 5.32 Å². The summed E-state index contributed by atoms with van der Waals surface area (Å²) in [6, 6.07) is 7.84. The third-order valence-electron chi connectivity index (χ3n) is 5.49. The van der Waals surface area contributed by atoms with Gasteiger partial charge in [-0.15, -0.1) is 0 Å². The Morgan fingerprint density at radius 2 is 1.83 bits per heavy atom. The maximum atomic E-state index is 12.5. The highest BCUT2D eigenvalue weighted by atomic mass is 16.5. The number of nitrogens with one attached hydrogen (secondary N) is 2. The van der Waals surface area contributed by atoms with Crippen LogP contribution in [-0.4, -0.2) is 46.9 Å². The van der Waals surface area contributed by atoms with Crippen molar-refractivity contribution >= 4 is 5.91 Å². The van der Waals surface area contributed by atoms with Gasteiger partial charge in [-0.25, -0.2) is 0 Å². The van der Waals surface area contributed by atoms with Crippen molar-refractivity contribution in [3.63, 3.8) is 0 Å². The van der Waals surface area contributed by atoms with Gasteiger partial charge in [-0.1, -0.05) is 0 Å². The van der Waals surface area contributed by atoms with Crippen LogP contribution in [0.1, 0.15) is 36.6 Å². The van der Waals surface area contributed by atoms with E-state index in [9.17, 15) is 4.79 Å². The number of benzene rings is 1. The zero-order valence-corrected chi connectivity index (χ0v) is 17.5. The SMILES string of the molecule is COc1cc(CCC(=O)NC[C@@H](c2ccco2)[NH+]2CCCC2)cc(OC)c1OC. The molecule has 0 spiro atoms. The van der Waals surface area contributed by atoms with Gasteiger partial charge in [0.05, 0.1) is 47.2 Å². The van der Waals surface area contributed by atoms with Gasteiger partial charge in [-0.3, -0.25) is 4.79 Å². The van der Waals surface area contributed by atoms with E-state index >= 15 is 0 Å². The van der Waals surface area contributed by atoms with Gasteiger partial charge in [-0.2, -0.15) is 0 Å². The minimum atomic E-state index is 0.0221. The van der Waals surface area contributed by atoms with Crippen LogP contribution in [-0.2, 0) is 11.2 Å². The lowest BCUT2D eigenvalue weighted by atomic mass is 10.1. The molecule has 1 aliphatic rings. The quantitative estimate of drug-likeness (QED) is 0.633. The second-order valence-corrected chi connectivity index (χ2v) is 7.27. The number of methoxy groups -OCH3 is 3. The summed E-state index contributed by atoms with van der Waals surface area (Å²) < 4.78 is 21.7. The molecule has 0 bridgehead atoms. The molecular formula is C22H31N2O5+. The van der Waals surface area contributed by atoms with Crippen molar-refractivity contribution in [2.24, 2.45) is 0 Å². The molecule has 7 heteroatoms. The van der Waals surface area contributed by atoms with Gasteiger partial charge in [-0.05, 0) is 36.2 Å². The molecule has 0 aliphatic carbocycles. The predicted molar refractivity (Wildman–Crippen MR) is 109 cm³/mol. The highest BCUT2D eigenvalue weighted by Crippen LogP contribution is 2.38. The van der Waals surface area contributed by atoms with Crippen molar-refractivity contribution in [3.05, 3.63) is 41.9 Å². The number of hydrogen-bond acceptors (Lipinski definition) is 5. The lowest BCUT2D eigenvalue weighted by Crippen LogP contribution is -3.11. The Morgan fingerprint density at radius 3 is 2.38 bits per heavy atom. The number of carbonyl (C=O) groups is 1. The average Bonchev–Trinajstić information content (AvgIpc) is 3.46. The van der Waals surface area contributed by atoms with Crippen molar-refractivity contribution in [1.29, 1.82) is 0 Å². The molecule has 1 aromatic heterocycles. The lowest BCUT2D eigenvalue weighted by Gasteiger charge is -2.23. The minimum Gasteiger partial charge on any atom is -0.493 e. The van der Waals surface area contributed by atoms with Crippen LogP contribution in [0, 0.1) is 0 Å². The second kappa shape index (κ2) is 10.2. The van der Waals surface area contributed by atoms with E-state index in [0.29, 0.717) is 36.6 Å². The molecule has 7 nitrogen and oxygen atoms in total. The summed E-state index contributed by atoms with van der Waals surface area (Å²) in [5, 5.41) is 3.09. The van der Waals surface area contributed by atoms with Gasteiger partial charge >= 0.3 is 0 Å². The molecule has 1 amide bonds. The molecule has 1 atom stereocenters. The zero-order chi connectivity index (χ0) is 20.6. The number of rotatable bonds is 10. The van der Waals surface area contributed by atoms with E-state index in [0.717, 1.165) is 24.4 Å². The van der Waals surface area contributed by atoms with Gasteiger partial charge in [0.1, 0.15) is 0 Å². The predicted octanol–water partition coefficient (Wildman–Crippen LogP) is 1.77. The summed E-state index contributed by atoms with van der Waals surface area (Å²) in [5.74, 6) is 2.70. The highest BCUT2D eigenvalue weighted by Gasteiger charge is 2.29. The first kappa shape index (κ1) is 21.0. The Morgan fingerprint density at radius 1 is 1.14 bits per heavy atom. The summed E-state index contributed by atoms with van der Waals surface area (Å²) in [6.45, 7) is 2.82. The number of likely N-dealkylation sites (tertiary alicyclic amines) is 1. The number of furan rings is 1. The molecule has 0 radical (unpaired) electrons. The molecule has 0 saturated carbocycles. The van der Waals surface area contributed by atoms with Crippen LogP contribution in [0.25, 0.3) is 0 Å². The Kier molecular flexibility index (Phi) is 7.41. The molecule has 1 saturated heterocycles. The van der Waals surface area contributed by atoms with Gasteiger partial charge in [0, 0.05) is 19.3 Å². The maximum absolute atomic E-state index is 12.5. The van der Waals surface area contributed by atoms with Crippen molar-refractivity contribution < 1.29 is 28.3 Å². The second-order valence-electron chi connectivity index (χ2n) is 7.27. The minimum absolute atomic E-state index is 0.0221. The molecular weight excluding hydrogens is 372 g/mol. The molecule has 0 unspecified atom stereocenters. The van der Waals surface area contributed by atoms with Crippen LogP contribution in [0.15, 0.2) is 34.9 Å². The molecule has 158 valence electrons. The summed E-state index contributed by atoms with van der Waals surface area (Å²) in [6.07, 6.45) is 5.12. The standard InChI is InChI=1S/C22H30N2O5/c1-26-19-13-16(14-20(27-2)22(19)28-3)8-9-21(25)23-15-17(18-7-6-12-29-18)24-10-4-5-11-24/h6-7,12-14,17H,4-5,8-11,15H2,1-3H3,(H,23,25)/p+1/t17-/m0/s1. The van der Waals surface area contributed by atoms with Gasteiger partial charge in [0.25, 0.3) is 0 Å². The van der Waals surface area contributed by atoms with Crippen LogP contribution in [0.5, 0.6) is 17.2 Å². The van der Waals surface area contributed by atoms with E-state index in [2.05, 4.69) is 5.32 Å². The van der Waals surface area contributed by atoms with Gasteiger partial charge < -0.3 is 28.8 Å². The Labute approximate surface area is 171 Å². The van der Waals surface area contributed by atoms with E-state index in [4.69, 9.17) is 18.6 Å². The van der Waals surface area contributed by atoms with Crippen molar-refractivity contribution in [3.8, 4) is 17.2 Å². The molecule has 1 fully saturated rings. The summed E-state index contributed by atoms with van der Waals surface area (Å²) in [7, 11) is 4.75. The van der Waals surface area contributed by atoms with Crippen LogP contribution < -0.4 is 24.4 Å². The smallest absolute Gasteiger partial charge is 0.220 e. The van der Waals surface area contributed by atoms with Crippen LogP contribution in [0.4, 0.5) is 0 Å². The summed E-state index contributed by atoms with van der Waals surface area (Å²) in [5.41, 5.74) is 0.961. The number of aryl methyl sites for hydroxylation is 1. The largest absolute Gasteiger partial charge is 0.493 e. The van der Waals surface area contributed by atoms with Crippen molar-refractivity contribution in [2.75, 3.05) is 41.0 Å². The fraction of sp³-hybridized carbons (Fsp3) is 0.500.